The molecule has 0 aliphatic carbocycles. The van der Waals surface area contributed by atoms with Crippen LogP contribution in [0.25, 0.3) is 0 Å². The van der Waals surface area contributed by atoms with Gasteiger partial charge in [-0.2, -0.15) is 0 Å². The molecule has 1 amide bonds. The smallest absolute Gasteiger partial charge is 0.226 e. The molecule has 1 heterocycles. The van der Waals surface area contributed by atoms with Crippen LogP contribution < -0.4 is 15.4 Å². The number of hydrogen-bond acceptors (Lipinski definition) is 4. The van der Waals surface area contributed by atoms with E-state index in [1.165, 1.54) is 18.2 Å². The van der Waals surface area contributed by atoms with Crippen molar-refractivity contribution < 1.29 is 18.7 Å². The van der Waals surface area contributed by atoms with Gasteiger partial charge < -0.3 is 20.1 Å². The van der Waals surface area contributed by atoms with Gasteiger partial charge in [0.25, 0.3) is 0 Å². The Morgan fingerprint density at radius 3 is 2.88 bits per heavy atom. The molecule has 6 heteroatoms. The lowest BCUT2D eigenvalue weighted by Gasteiger charge is -2.23. The summed E-state index contributed by atoms with van der Waals surface area (Å²) in [6, 6.07) is 13.1. The molecule has 1 saturated heterocycles. The van der Waals surface area contributed by atoms with Crippen LogP contribution in [0.3, 0.4) is 0 Å². The Bertz CT molecular complexity index is 688. The van der Waals surface area contributed by atoms with Gasteiger partial charge >= 0.3 is 0 Å². The van der Waals surface area contributed by atoms with Gasteiger partial charge in [0, 0.05) is 25.1 Å². The Morgan fingerprint density at radius 1 is 1.29 bits per heavy atom. The van der Waals surface area contributed by atoms with E-state index >= 15 is 0 Å². The highest BCUT2D eigenvalue weighted by Gasteiger charge is 2.18. The molecular weight excluding hydrogens is 311 g/mol. The van der Waals surface area contributed by atoms with E-state index in [2.05, 4.69) is 10.6 Å². The monoisotopic (exact) mass is 330 g/mol. The quantitative estimate of drug-likeness (QED) is 0.885. The van der Waals surface area contributed by atoms with E-state index < -0.39 is 5.82 Å². The van der Waals surface area contributed by atoms with E-state index in [-0.39, 0.29) is 18.4 Å². The third-order valence-electron chi connectivity index (χ3n) is 3.62. The highest BCUT2D eigenvalue weighted by Crippen LogP contribution is 2.30. The summed E-state index contributed by atoms with van der Waals surface area (Å²) < 4.78 is 24.6. The summed E-state index contributed by atoms with van der Waals surface area (Å²) in [4.78, 5) is 12.2. The van der Waals surface area contributed by atoms with Crippen LogP contribution in [0.4, 0.5) is 10.1 Å². The average Bonchev–Trinajstić information content (AvgIpc) is 2.59. The molecule has 1 atom stereocenters. The average molecular weight is 330 g/mol. The van der Waals surface area contributed by atoms with E-state index in [1.807, 2.05) is 18.2 Å². The van der Waals surface area contributed by atoms with Crippen LogP contribution in [0.1, 0.15) is 6.42 Å². The SMILES string of the molecule is O=C(CC1COCCN1)Nc1cc(F)ccc1Oc1ccccc1. The Labute approximate surface area is 139 Å². The van der Waals surface area contributed by atoms with Crippen molar-refractivity contribution in [3.05, 3.63) is 54.3 Å². The van der Waals surface area contributed by atoms with Gasteiger partial charge in [-0.1, -0.05) is 18.2 Å². The molecule has 1 aliphatic heterocycles. The molecule has 0 bridgehead atoms. The normalized spacial score (nSPS) is 17.3. The Kier molecular flexibility index (Phi) is 5.40. The molecule has 2 aromatic rings. The van der Waals surface area contributed by atoms with Crippen molar-refractivity contribution in [3.63, 3.8) is 0 Å². The summed E-state index contributed by atoms with van der Waals surface area (Å²) in [7, 11) is 0. The van der Waals surface area contributed by atoms with Crippen LogP contribution in [-0.4, -0.2) is 31.7 Å². The zero-order chi connectivity index (χ0) is 16.8. The Hall–Kier alpha value is -2.44. The fourth-order valence-electron chi connectivity index (χ4n) is 2.48. The number of halogens is 1. The second-order valence-electron chi connectivity index (χ2n) is 5.53. The first kappa shape index (κ1) is 16.4. The number of ether oxygens (including phenoxy) is 2. The fourth-order valence-corrected chi connectivity index (χ4v) is 2.48. The number of anilines is 1. The predicted octanol–water partition coefficient (Wildman–Crippen LogP) is 2.94. The number of nitrogens with one attached hydrogen (secondary N) is 2. The van der Waals surface area contributed by atoms with Crippen LogP contribution in [0.5, 0.6) is 11.5 Å². The molecule has 2 N–H and O–H groups in total. The van der Waals surface area contributed by atoms with Gasteiger partial charge in [-0.3, -0.25) is 4.79 Å². The number of carbonyl (C=O) groups excluding carboxylic acids is 1. The van der Waals surface area contributed by atoms with Crippen LogP contribution in [0.15, 0.2) is 48.5 Å². The zero-order valence-corrected chi connectivity index (χ0v) is 13.1. The van der Waals surface area contributed by atoms with Crippen molar-refractivity contribution in [1.82, 2.24) is 5.32 Å². The molecule has 2 aromatic carbocycles. The van der Waals surface area contributed by atoms with Crippen molar-refractivity contribution >= 4 is 11.6 Å². The van der Waals surface area contributed by atoms with E-state index in [9.17, 15) is 9.18 Å². The molecule has 1 unspecified atom stereocenters. The van der Waals surface area contributed by atoms with Crippen molar-refractivity contribution in [1.29, 1.82) is 0 Å². The molecule has 3 rings (SSSR count). The van der Waals surface area contributed by atoms with Crippen LogP contribution in [-0.2, 0) is 9.53 Å². The number of morpholine rings is 1. The van der Waals surface area contributed by atoms with E-state index in [0.717, 1.165) is 6.54 Å². The van der Waals surface area contributed by atoms with Crippen molar-refractivity contribution in [2.45, 2.75) is 12.5 Å². The lowest BCUT2D eigenvalue weighted by Crippen LogP contribution is -2.43. The second kappa shape index (κ2) is 7.90. The second-order valence-corrected chi connectivity index (χ2v) is 5.53. The van der Waals surface area contributed by atoms with E-state index in [4.69, 9.17) is 9.47 Å². The van der Waals surface area contributed by atoms with Crippen molar-refractivity contribution in [2.24, 2.45) is 0 Å². The van der Waals surface area contributed by atoms with E-state index in [1.54, 1.807) is 12.1 Å². The number of hydrogen-bond donors (Lipinski definition) is 2. The maximum absolute atomic E-state index is 13.6. The minimum Gasteiger partial charge on any atom is -0.455 e. The number of rotatable bonds is 5. The summed E-state index contributed by atoms with van der Waals surface area (Å²) in [5.41, 5.74) is 0.306. The number of amides is 1. The Balaban J connectivity index is 1.69. The number of carbonyl (C=O) groups is 1. The van der Waals surface area contributed by atoms with Gasteiger partial charge in [0.15, 0.2) is 5.75 Å². The molecule has 0 radical (unpaired) electrons. The fraction of sp³-hybridized carbons (Fsp3) is 0.278. The van der Waals surface area contributed by atoms with Crippen molar-refractivity contribution in [3.8, 4) is 11.5 Å². The van der Waals surface area contributed by atoms with Gasteiger partial charge in [0.2, 0.25) is 5.91 Å². The lowest BCUT2D eigenvalue weighted by atomic mass is 10.2. The number of benzene rings is 2. The Morgan fingerprint density at radius 2 is 2.12 bits per heavy atom. The molecule has 1 fully saturated rings. The van der Waals surface area contributed by atoms with E-state index in [0.29, 0.717) is 30.4 Å². The molecular formula is C18H19FN2O3. The van der Waals surface area contributed by atoms with Gasteiger partial charge in [-0.15, -0.1) is 0 Å². The molecule has 0 aromatic heterocycles. The topological polar surface area (TPSA) is 59.6 Å². The molecule has 1 aliphatic rings. The first-order chi connectivity index (χ1) is 11.7. The zero-order valence-electron chi connectivity index (χ0n) is 13.1. The summed E-state index contributed by atoms with van der Waals surface area (Å²) in [5, 5.41) is 5.93. The third kappa shape index (κ3) is 4.53. The first-order valence-corrected chi connectivity index (χ1v) is 7.84. The van der Waals surface area contributed by atoms with Gasteiger partial charge in [-0.25, -0.2) is 4.39 Å². The largest absolute Gasteiger partial charge is 0.455 e. The van der Waals surface area contributed by atoms with Gasteiger partial charge in [-0.05, 0) is 24.3 Å². The van der Waals surface area contributed by atoms with Crippen molar-refractivity contribution in [2.75, 3.05) is 25.1 Å². The molecule has 126 valence electrons. The predicted molar refractivity (Wildman–Crippen MR) is 88.8 cm³/mol. The summed E-state index contributed by atoms with van der Waals surface area (Å²) >= 11 is 0. The highest BCUT2D eigenvalue weighted by atomic mass is 19.1. The molecule has 0 saturated carbocycles. The number of para-hydroxylation sites is 1. The summed E-state index contributed by atoms with van der Waals surface area (Å²) in [5.74, 6) is 0.345. The first-order valence-electron chi connectivity index (χ1n) is 7.84. The maximum Gasteiger partial charge on any atom is 0.226 e. The van der Waals surface area contributed by atoms with Crippen LogP contribution >= 0.6 is 0 Å². The summed E-state index contributed by atoms with van der Waals surface area (Å²) in [6.45, 7) is 1.86. The van der Waals surface area contributed by atoms with Crippen LogP contribution in [0.2, 0.25) is 0 Å². The molecule has 0 spiro atoms. The standard InChI is InChI=1S/C18H19FN2O3/c19-13-6-7-17(24-15-4-2-1-3-5-15)16(10-13)21-18(22)11-14-12-23-9-8-20-14/h1-7,10,14,20H,8-9,11-12H2,(H,21,22). The third-order valence-corrected chi connectivity index (χ3v) is 3.62. The molecule has 24 heavy (non-hydrogen) atoms. The minimum atomic E-state index is -0.440. The molecule has 5 nitrogen and oxygen atoms in total. The minimum absolute atomic E-state index is 0.0363. The van der Waals surface area contributed by atoms with Crippen LogP contribution in [0, 0.1) is 5.82 Å². The van der Waals surface area contributed by atoms with Gasteiger partial charge in [0.05, 0.1) is 18.9 Å². The highest BCUT2D eigenvalue weighted by molar-refractivity contribution is 5.92. The maximum atomic E-state index is 13.6. The lowest BCUT2D eigenvalue weighted by molar-refractivity contribution is -0.117. The van der Waals surface area contributed by atoms with Gasteiger partial charge in [0.1, 0.15) is 11.6 Å². The summed E-state index contributed by atoms with van der Waals surface area (Å²) in [6.07, 6.45) is 0.251.